The van der Waals surface area contributed by atoms with E-state index in [9.17, 15) is 9.50 Å². The molecule has 0 fully saturated rings. The average molecular weight is 263 g/mol. The number of hydrogen-bond donors (Lipinski definition) is 2. The molecule has 0 amide bonds. The lowest BCUT2D eigenvalue weighted by molar-refractivity contribution is 0.423. The molecular weight excluding hydrogens is 245 g/mol. The van der Waals surface area contributed by atoms with Gasteiger partial charge >= 0.3 is 0 Å². The van der Waals surface area contributed by atoms with Crippen molar-refractivity contribution in [3.63, 3.8) is 0 Å². The van der Waals surface area contributed by atoms with Crippen molar-refractivity contribution in [1.29, 1.82) is 0 Å². The summed E-state index contributed by atoms with van der Waals surface area (Å²) < 4.78 is 14.9. The topological polar surface area (TPSA) is 50.1 Å². The van der Waals surface area contributed by atoms with E-state index in [4.69, 9.17) is 0 Å². The molecular formula is C14H18FN3O. The molecule has 2 N–H and O–H groups in total. The Bertz CT molecular complexity index is 566. The van der Waals surface area contributed by atoms with Crippen LogP contribution in [-0.4, -0.2) is 14.9 Å². The molecule has 0 saturated heterocycles. The van der Waals surface area contributed by atoms with Gasteiger partial charge in [-0.2, -0.15) is 5.10 Å². The van der Waals surface area contributed by atoms with Crippen LogP contribution in [0.25, 0.3) is 0 Å². The Kier molecular flexibility index (Phi) is 4.16. The summed E-state index contributed by atoms with van der Waals surface area (Å²) in [5.41, 5.74) is 2.74. The highest BCUT2D eigenvalue weighted by molar-refractivity contribution is 5.33. The number of benzene rings is 1. The lowest BCUT2D eigenvalue weighted by atomic mass is 10.1. The minimum Gasteiger partial charge on any atom is -0.505 e. The summed E-state index contributed by atoms with van der Waals surface area (Å²) in [7, 11) is 1.89. The Balaban J connectivity index is 1.98. The average Bonchev–Trinajstić information content (AvgIpc) is 2.75. The van der Waals surface area contributed by atoms with Gasteiger partial charge in [0.1, 0.15) is 0 Å². The van der Waals surface area contributed by atoms with Crippen LogP contribution in [0.15, 0.2) is 24.4 Å². The van der Waals surface area contributed by atoms with Crippen LogP contribution in [-0.2, 0) is 26.6 Å². The van der Waals surface area contributed by atoms with Crippen molar-refractivity contribution in [3.05, 3.63) is 47.0 Å². The molecule has 1 aromatic carbocycles. The normalized spacial score (nSPS) is 10.9. The molecule has 1 heterocycles. The number of halogens is 1. The van der Waals surface area contributed by atoms with Gasteiger partial charge in [0.2, 0.25) is 0 Å². The first-order chi connectivity index (χ1) is 9.11. The monoisotopic (exact) mass is 263 g/mol. The van der Waals surface area contributed by atoms with Crippen molar-refractivity contribution in [2.45, 2.75) is 26.4 Å². The molecule has 0 spiro atoms. The van der Waals surface area contributed by atoms with Crippen LogP contribution in [0.3, 0.4) is 0 Å². The van der Waals surface area contributed by atoms with Gasteiger partial charge in [-0.1, -0.05) is 19.1 Å². The van der Waals surface area contributed by atoms with E-state index in [1.807, 2.05) is 13.2 Å². The number of aromatic hydroxyl groups is 1. The highest BCUT2D eigenvalue weighted by atomic mass is 19.1. The number of aryl methyl sites for hydroxylation is 2. The standard InChI is InChI=1S/C14H18FN3O/c1-3-13-11(9-18(2)17-13)8-16-7-10-5-4-6-12(15)14(10)19/h4-6,9,16,19H,3,7-8H2,1-2H3. The van der Waals surface area contributed by atoms with E-state index in [2.05, 4.69) is 17.3 Å². The number of hydrogen-bond acceptors (Lipinski definition) is 3. The van der Waals surface area contributed by atoms with Crippen LogP contribution in [0.4, 0.5) is 4.39 Å². The van der Waals surface area contributed by atoms with Crippen LogP contribution in [0, 0.1) is 5.82 Å². The van der Waals surface area contributed by atoms with Gasteiger partial charge < -0.3 is 10.4 Å². The van der Waals surface area contributed by atoms with Gasteiger partial charge in [0, 0.05) is 37.5 Å². The maximum Gasteiger partial charge on any atom is 0.165 e. The summed E-state index contributed by atoms with van der Waals surface area (Å²) in [5, 5.41) is 17.1. The molecule has 1 aromatic heterocycles. The third-order valence-corrected chi connectivity index (χ3v) is 3.03. The predicted molar refractivity (Wildman–Crippen MR) is 71.2 cm³/mol. The van der Waals surface area contributed by atoms with Crippen molar-refractivity contribution in [2.75, 3.05) is 0 Å². The fourth-order valence-corrected chi connectivity index (χ4v) is 2.06. The molecule has 2 aromatic rings. The maximum atomic E-state index is 13.2. The van der Waals surface area contributed by atoms with E-state index in [-0.39, 0.29) is 5.75 Å². The molecule has 102 valence electrons. The number of phenolic OH excluding ortho intramolecular Hbond substituents is 1. The SMILES string of the molecule is CCc1nn(C)cc1CNCc1cccc(F)c1O. The molecule has 0 aliphatic carbocycles. The van der Waals surface area contributed by atoms with Crippen molar-refractivity contribution in [3.8, 4) is 5.75 Å². The van der Waals surface area contributed by atoms with E-state index < -0.39 is 5.82 Å². The second-order valence-electron chi connectivity index (χ2n) is 4.48. The first-order valence-electron chi connectivity index (χ1n) is 6.30. The van der Waals surface area contributed by atoms with Gasteiger partial charge in [0.15, 0.2) is 11.6 Å². The Morgan fingerprint density at radius 3 is 2.79 bits per heavy atom. The van der Waals surface area contributed by atoms with Gasteiger partial charge in [-0.25, -0.2) is 4.39 Å². The minimum atomic E-state index is -0.588. The molecule has 0 aliphatic heterocycles. The number of phenols is 1. The fourth-order valence-electron chi connectivity index (χ4n) is 2.06. The Morgan fingerprint density at radius 1 is 1.32 bits per heavy atom. The van der Waals surface area contributed by atoms with E-state index in [0.29, 0.717) is 18.7 Å². The minimum absolute atomic E-state index is 0.281. The summed E-state index contributed by atoms with van der Waals surface area (Å²) in [6, 6.07) is 4.54. The second-order valence-corrected chi connectivity index (χ2v) is 4.48. The quantitative estimate of drug-likeness (QED) is 0.868. The molecule has 0 aliphatic rings. The van der Waals surface area contributed by atoms with Crippen LogP contribution < -0.4 is 5.32 Å². The summed E-state index contributed by atoms with van der Waals surface area (Å²) in [5.74, 6) is -0.869. The van der Waals surface area contributed by atoms with Gasteiger partial charge in [-0.3, -0.25) is 4.68 Å². The Hall–Kier alpha value is -1.88. The maximum absolute atomic E-state index is 13.2. The van der Waals surface area contributed by atoms with Crippen LogP contribution in [0.1, 0.15) is 23.7 Å². The molecule has 19 heavy (non-hydrogen) atoms. The van der Waals surface area contributed by atoms with Crippen LogP contribution >= 0.6 is 0 Å². The van der Waals surface area contributed by atoms with Crippen molar-refractivity contribution < 1.29 is 9.50 Å². The molecule has 0 saturated carbocycles. The number of para-hydroxylation sites is 1. The molecule has 0 atom stereocenters. The molecule has 4 nitrogen and oxygen atoms in total. The number of nitrogens with zero attached hydrogens (tertiary/aromatic N) is 2. The predicted octanol–water partition coefficient (Wildman–Crippen LogP) is 2.12. The molecule has 2 rings (SSSR count). The first-order valence-corrected chi connectivity index (χ1v) is 6.30. The van der Waals surface area contributed by atoms with Crippen molar-refractivity contribution >= 4 is 0 Å². The summed E-state index contributed by atoms with van der Waals surface area (Å²) in [4.78, 5) is 0. The number of aromatic nitrogens is 2. The highest BCUT2D eigenvalue weighted by Crippen LogP contribution is 2.20. The zero-order valence-electron chi connectivity index (χ0n) is 11.2. The third-order valence-electron chi connectivity index (χ3n) is 3.03. The van der Waals surface area contributed by atoms with Crippen LogP contribution in [0.5, 0.6) is 5.75 Å². The smallest absolute Gasteiger partial charge is 0.165 e. The number of rotatable bonds is 5. The van der Waals surface area contributed by atoms with E-state index >= 15 is 0 Å². The van der Waals surface area contributed by atoms with Gasteiger partial charge in [0.05, 0.1) is 5.69 Å². The van der Waals surface area contributed by atoms with Crippen molar-refractivity contribution in [2.24, 2.45) is 7.05 Å². The Labute approximate surface area is 111 Å². The van der Waals surface area contributed by atoms with Gasteiger partial charge in [0.25, 0.3) is 0 Å². The zero-order valence-corrected chi connectivity index (χ0v) is 11.2. The fraction of sp³-hybridized carbons (Fsp3) is 0.357. The molecule has 0 bridgehead atoms. The van der Waals surface area contributed by atoms with E-state index in [1.54, 1.807) is 16.8 Å². The third kappa shape index (κ3) is 3.12. The van der Waals surface area contributed by atoms with Gasteiger partial charge in [-0.15, -0.1) is 0 Å². The lowest BCUT2D eigenvalue weighted by Gasteiger charge is -2.07. The first kappa shape index (κ1) is 13.5. The zero-order chi connectivity index (χ0) is 13.8. The van der Waals surface area contributed by atoms with Crippen LogP contribution in [0.2, 0.25) is 0 Å². The van der Waals surface area contributed by atoms with Gasteiger partial charge in [-0.05, 0) is 12.5 Å². The summed E-state index contributed by atoms with van der Waals surface area (Å²) in [6.07, 6.45) is 2.85. The van der Waals surface area contributed by atoms with E-state index in [0.717, 1.165) is 17.7 Å². The van der Waals surface area contributed by atoms with E-state index in [1.165, 1.54) is 6.07 Å². The lowest BCUT2D eigenvalue weighted by Crippen LogP contribution is -2.13. The molecule has 0 unspecified atom stereocenters. The largest absolute Gasteiger partial charge is 0.505 e. The highest BCUT2D eigenvalue weighted by Gasteiger charge is 2.08. The summed E-state index contributed by atoms with van der Waals surface area (Å²) >= 11 is 0. The number of nitrogens with one attached hydrogen (secondary N) is 1. The molecule has 0 radical (unpaired) electrons. The summed E-state index contributed by atoms with van der Waals surface area (Å²) in [6.45, 7) is 3.12. The van der Waals surface area contributed by atoms with Crippen molar-refractivity contribution in [1.82, 2.24) is 15.1 Å². The molecule has 5 heteroatoms. The Morgan fingerprint density at radius 2 is 2.05 bits per heavy atom. The second kappa shape index (κ2) is 5.84.